The van der Waals surface area contributed by atoms with Gasteiger partial charge in [-0.05, 0) is 47.9 Å². The first-order valence-corrected chi connectivity index (χ1v) is 7.06. The van der Waals surface area contributed by atoms with Gasteiger partial charge in [-0.15, -0.1) is 0 Å². The quantitative estimate of drug-likeness (QED) is 0.943. The molecule has 1 N–H and O–H groups in total. The largest absolute Gasteiger partial charge is 0.493 e. The molecule has 0 radical (unpaired) electrons. The van der Waals surface area contributed by atoms with Crippen LogP contribution in [0.1, 0.15) is 28.5 Å². The molecule has 20 heavy (non-hydrogen) atoms. The van der Waals surface area contributed by atoms with Gasteiger partial charge in [-0.2, -0.15) is 0 Å². The molecule has 1 aliphatic heterocycles. The van der Waals surface area contributed by atoms with Crippen LogP contribution in [0.4, 0.5) is 0 Å². The van der Waals surface area contributed by atoms with Crippen molar-refractivity contribution >= 4 is 11.6 Å². The van der Waals surface area contributed by atoms with Crippen molar-refractivity contribution in [3.63, 3.8) is 0 Å². The average Bonchev–Trinajstić information content (AvgIpc) is 2.86. The lowest BCUT2D eigenvalue weighted by atomic mass is 9.99. The Balaban J connectivity index is 1.88. The van der Waals surface area contributed by atoms with Gasteiger partial charge in [0.05, 0.1) is 12.7 Å². The van der Waals surface area contributed by atoms with Gasteiger partial charge >= 0.3 is 0 Å². The zero-order chi connectivity index (χ0) is 14.1. The molecule has 1 aromatic heterocycles. The molecule has 2 heterocycles. The van der Waals surface area contributed by atoms with E-state index in [-0.39, 0.29) is 0 Å². The SMILES string of the molecule is Cc1cc(C(O)Cc2cc(Cl)cc3c2OCC3)ccn1. The van der Waals surface area contributed by atoms with Crippen LogP contribution >= 0.6 is 11.6 Å². The second kappa shape index (κ2) is 5.43. The van der Waals surface area contributed by atoms with Gasteiger partial charge in [0.25, 0.3) is 0 Å². The minimum atomic E-state index is -0.580. The standard InChI is InChI=1S/C16H16ClNO2/c1-10-6-11(2-4-18-10)15(19)9-13-8-14(17)7-12-3-5-20-16(12)13/h2,4,6-8,15,19H,3,5,9H2,1H3. The van der Waals surface area contributed by atoms with Crippen LogP contribution in [-0.2, 0) is 12.8 Å². The van der Waals surface area contributed by atoms with E-state index in [1.807, 2.05) is 31.2 Å². The number of aromatic nitrogens is 1. The molecule has 0 spiro atoms. The van der Waals surface area contributed by atoms with Crippen LogP contribution in [0.3, 0.4) is 0 Å². The van der Waals surface area contributed by atoms with E-state index < -0.39 is 6.10 Å². The Morgan fingerprint density at radius 1 is 1.40 bits per heavy atom. The summed E-state index contributed by atoms with van der Waals surface area (Å²) < 4.78 is 5.66. The second-order valence-electron chi connectivity index (χ2n) is 5.10. The van der Waals surface area contributed by atoms with E-state index in [1.165, 1.54) is 0 Å². The molecule has 0 aliphatic carbocycles. The highest BCUT2D eigenvalue weighted by Crippen LogP contribution is 2.35. The molecule has 0 saturated carbocycles. The van der Waals surface area contributed by atoms with E-state index in [2.05, 4.69) is 4.98 Å². The van der Waals surface area contributed by atoms with Crippen molar-refractivity contribution in [3.05, 3.63) is 57.9 Å². The number of aryl methyl sites for hydroxylation is 1. The maximum Gasteiger partial charge on any atom is 0.126 e. The summed E-state index contributed by atoms with van der Waals surface area (Å²) >= 11 is 6.14. The van der Waals surface area contributed by atoms with Crippen molar-refractivity contribution < 1.29 is 9.84 Å². The van der Waals surface area contributed by atoms with E-state index in [1.54, 1.807) is 6.20 Å². The van der Waals surface area contributed by atoms with Gasteiger partial charge in [0.15, 0.2) is 0 Å². The summed E-state index contributed by atoms with van der Waals surface area (Å²) in [5.74, 6) is 0.888. The minimum absolute atomic E-state index is 0.492. The van der Waals surface area contributed by atoms with Gasteiger partial charge in [-0.25, -0.2) is 0 Å². The molecule has 1 unspecified atom stereocenters. The van der Waals surface area contributed by atoms with E-state index in [0.29, 0.717) is 18.1 Å². The van der Waals surface area contributed by atoms with Crippen LogP contribution in [0.5, 0.6) is 5.75 Å². The minimum Gasteiger partial charge on any atom is -0.493 e. The zero-order valence-electron chi connectivity index (χ0n) is 11.3. The van der Waals surface area contributed by atoms with E-state index in [4.69, 9.17) is 16.3 Å². The number of rotatable bonds is 3. The molecular weight excluding hydrogens is 274 g/mol. The zero-order valence-corrected chi connectivity index (χ0v) is 12.0. The summed E-state index contributed by atoms with van der Waals surface area (Å²) in [6, 6.07) is 7.55. The van der Waals surface area contributed by atoms with Gasteiger partial charge in [0.1, 0.15) is 5.75 Å². The number of pyridine rings is 1. The van der Waals surface area contributed by atoms with Crippen LogP contribution in [0.15, 0.2) is 30.5 Å². The third-order valence-corrected chi connectivity index (χ3v) is 3.76. The third kappa shape index (κ3) is 2.65. The maximum absolute atomic E-state index is 10.4. The smallest absolute Gasteiger partial charge is 0.126 e. The molecule has 3 rings (SSSR count). The lowest BCUT2D eigenvalue weighted by molar-refractivity contribution is 0.177. The van der Waals surface area contributed by atoms with Crippen LogP contribution in [0, 0.1) is 6.92 Å². The molecule has 4 heteroatoms. The molecule has 0 saturated heterocycles. The first-order valence-electron chi connectivity index (χ1n) is 6.68. The number of hydrogen-bond acceptors (Lipinski definition) is 3. The number of ether oxygens (including phenoxy) is 1. The number of fused-ring (bicyclic) bond motifs is 1. The number of halogens is 1. The Hall–Kier alpha value is -1.58. The van der Waals surface area contributed by atoms with Gasteiger partial charge < -0.3 is 9.84 Å². The number of aliphatic hydroxyl groups is 1. The van der Waals surface area contributed by atoms with E-state index >= 15 is 0 Å². The van der Waals surface area contributed by atoms with Crippen molar-refractivity contribution in [3.8, 4) is 5.75 Å². The highest BCUT2D eigenvalue weighted by Gasteiger charge is 2.20. The van der Waals surface area contributed by atoms with Gasteiger partial charge in [-0.1, -0.05) is 11.6 Å². The Morgan fingerprint density at radius 2 is 2.25 bits per heavy atom. The summed E-state index contributed by atoms with van der Waals surface area (Å²) in [5, 5.41) is 11.1. The fraction of sp³-hybridized carbons (Fsp3) is 0.312. The molecular formula is C16H16ClNO2. The molecule has 1 atom stereocenters. The van der Waals surface area contributed by atoms with Crippen LogP contribution in [-0.4, -0.2) is 16.7 Å². The Labute approximate surface area is 123 Å². The molecule has 0 bridgehead atoms. The summed E-state index contributed by atoms with van der Waals surface area (Å²) in [7, 11) is 0. The van der Waals surface area contributed by atoms with Crippen molar-refractivity contribution in [2.75, 3.05) is 6.61 Å². The first kappa shape index (κ1) is 13.4. The monoisotopic (exact) mass is 289 g/mol. The predicted octanol–water partition coefficient (Wildman–Crippen LogP) is 3.25. The molecule has 0 fully saturated rings. The predicted molar refractivity (Wildman–Crippen MR) is 78.3 cm³/mol. The summed E-state index contributed by atoms with van der Waals surface area (Å²) in [5.41, 5.74) is 3.86. The van der Waals surface area contributed by atoms with Crippen LogP contribution in [0.25, 0.3) is 0 Å². The number of hydrogen-bond donors (Lipinski definition) is 1. The van der Waals surface area contributed by atoms with Crippen LogP contribution in [0.2, 0.25) is 5.02 Å². The Bertz CT molecular complexity index is 642. The molecule has 2 aromatic rings. The first-order chi connectivity index (χ1) is 9.63. The second-order valence-corrected chi connectivity index (χ2v) is 5.54. The third-order valence-electron chi connectivity index (χ3n) is 3.54. The maximum atomic E-state index is 10.4. The highest BCUT2D eigenvalue weighted by molar-refractivity contribution is 6.30. The van der Waals surface area contributed by atoms with E-state index in [9.17, 15) is 5.11 Å². The fourth-order valence-electron chi connectivity index (χ4n) is 2.60. The summed E-state index contributed by atoms with van der Waals surface area (Å²) in [6.07, 6.45) is 2.51. The highest BCUT2D eigenvalue weighted by atomic mass is 35.5. The van der Waals surface area contributed by atoms with Crippen molar-refractivity contribution in [1.29, 1.82) is 0 Å². The van der Waals surface area contributed by atoms with Gasteiger partial charge in [-0.3, -0.25) is 4.98 Å². The fourth-order valence-corrected chi connectivity index (χ4v) is 2.86. The Kier molecular flexibility index (Phi) is 3.64. The topological polar surface area (TPSA) is 42.4 Å². The molecule has 104 valence electrons. The summed E-state index contributed by atoms with van der Waals surface area (Å²) in [6.45, 7) is 2.60. The normalized spacial score (nSPS) is 14.8. The lowest BCUT2D eigenvalue weighted by Gasteiger charge is -2.14. The number of aliphatic hydroxyl groups excluding tert-OH is 1. The van der Waals surface area contributed by atoms with E-state index in [0.717, 1.165) is 34.6 Å². The number of nitrogens with zero attached hydrogens (tertiary/aromatic N) is 1. The summed E-state index contributed by atoms with van der Waals surface area (Å²) in [4.78, 5) is 4.14. The number of benzene rings is 1. The van der Waals surface area contributed by atoms with Crippen molar-refractivity contribution in [1.82, 2.24) is 4.98 Å². The Morgan fingerprint density at radius 3 is 3.05 bits per heavy atom. The van der Waals surface area contributed by atoms with Crippen LogP contribution < -0.4 is 4.74 Å². The van der Waals surface area contributed by atoms with Crippen molar-refractivity contribution in [2.24, 2.45) is 0 Å². The van der Waals surface area contributed by atoms with Gasteiger partial charge in [0.2, 0.25) is 0 Å². The van der Waals surface area contributed by atoms with Gasteiger partial charge in [0, 0.05) is 29.8 Å². The molecule has 3 nitrogen and oxygen atoms in total. The van der Waals surface area contributed by atoms with Crippen molar-refractivity contribution in [2.45, 2.75) is 25.9 Å². The average molecular weight is 290 g/mol. The molecule has 1 aliphatic rings. The lowest BCUT2D eigenvalue weighted by Crippen LogP contribution is -2.04. The molecule has 1 aromatic carbocycles. The molecule has 0 amide bonds.